The molecule has 5 nitrogen and oxygen atoms in total. The molecule has 7 heteroatoms. The molecular weight excluding hydrogens is 459 g/mol. The Bertz CT molecular complexity index is 556. The van der Waals surface area contributed by atoms with Crippen LogP contribution in [0.15, 0.2) is 35.3 Å². The average molecular weight is 490 g/mol. The molecule has 1 aliphatic rings. The molecule has 0 heterocycles. The van der Waals surface area contributed by atoms with E-state index in [1.807, 2.05) is 42.1 Å². The second kappa shape index (κ2) is 13.2. The summed E-state index contributed by atoms with van der Waals surface area (Å²) in [6.07, 6.45) is 6.22. The van der Waals surface area contributed by atoms with Crippen molar-refractivity contribution in [2.24, 2.45) is 4.99 Å². The molecule has 0 aliphatic heterocycles. The van der Waals surface area contributed by atoms with Crippen molar-refractivity contribution in [1.29, 1.82) is 0 Å². The van der Waals surface area contributed by atoms with E-state index in [1.165, 1.54) is 19.3 Å². The first-order valence-electron chi connectivity index (χ1n) is 9.09. The smallest absolute Gasteiger partial charge is 0.222 e. The number of halogens is 1. The van der Waals surface area contributed by atoms with E-state index in [9.17, 15) is 4.79 Å². The number of nitrogens with one attached hydrogen (secondary N) is 3. The predicted molar refractivity (Wildman–Crippen MR) is 122 cm³/mol. The fraction of sp³-hybridized carbons (Fsp3) is 0.579. The maximum absolute atomic E-state index is 12.0. The number of nitrogens with zero attached hydrogens (tertiary/aromatic N) is 1. The SMILES string of the molecule is CCNC(=NCCC(=O)NCc1ccccc1)NC1CCC(SC)C1.I. The van der Waals surface area contributed by atoms with Gasteiger partial charge in [-0.15, -0.1) is 24.0 Å². The Morgan fingerprint density at radius 1 is 1.23 bits per heavy atom. The predicted octanol–water partition coefficient (Wildman–Crippen LogP) is 3.15. The van der Waals surface area contributed by atoms with Crippen molar-refractivity contribution in [1.82, 2.24) is 16.0 Å². The molecule has 0 radical (unpaired) electrons. The molecule has 0 spiro atoms. The number of carbonyl (C=O) groups is 1. The van der Waals surface area contributed by atoms with Crippen LogP contribution in [0.4, 0.5) is 0 Å². The van der Waals surface area contributed by atoms with E-state index in [-0.39, 0.29) is 29.9 Å². The van der Waals surface area contributed by atoms with Crippen molar-refractivity contribution in [2.45, 2.75) is 50.4 Å². The van der Waals surface area contributed by atoms with Crippen molar-refractivity contribution in [3.8, 4) is 0 Å². The van der Waals surface area contributed by atoms with Gasteiger partial charge in [0, 0.05) is 30.8 Å². The van der Waals surface area contributed by atoms with Crippen molar-refractivity contribution >= 4 is 47.6 Å². The number of carbonyl (C=O) groups excluding carboxylic acids is 1. The van der Waals surface area contributed by atoms with Gasteiger partial charge in [-0.25, -0.2) is 0 Å². The van der Waals surface area contributed by atoms with Crippen LogP contribution in [-0.2, 0) is 11.3 Å². The summed E-state index contributed by atoms with van der Waals surface area (Å²) in [6.45, 7) is 3.95. The third kappa shape index (κ3) is 8.62. The van der Waals surface area contributed by atoms with Crippen LogP contribution >= 0.6 is 35.7 Å². The molecule has 1 amide bonds. The lowest BCUT2D eigenvalue weighted by molar-refractivity contribution is -0.121. The summed E-state index contributed by atoms with van der Waals surface area (Å²) in [7, 11) is 0. The minimum absolute atomic E-state index is 0. The van der Waals surface area contributed by atoms with Crippen LogP contribution in [-0.4, -0.2) is 42.5 Å². The topological polar surface area (TPSA) is 65.5 Å². The highest BCUT2D eigenvalue weighted by molar-refractivity contribution is 14.0. The lowest BCUT2D eigenvalue weighted by Crippen LogP contribution is -2.42. The third-order valence-corrected chi connectivity index (χ3v) is 5.44. The van der Waals surface area contributed by atoms with Crippen molar-refractivity contribution in [3.63, 3.8) is 0 Å². The number of thioether (sulfide) groups is 1. The lowest BCUT2D eigenvalue weighted by Gasteiger charge is -2.17. The van der Waals surface area contributed by atoms with Crippen LogP contribution in [0.5, 0.6) is 0 Å². The first kappa shape index (κ1) is 23.1. The summed E-state index contributed by atoms with van der Waals surface area (Å²) >= 11 is 1.95. The average Bonchev–Trinajstić information content (AvgIpc) is 3.08. The second-order valence-corrected chi connectivity index (χ2v) is 7.42. The van der Waals surface area contributed by atoms with E-state index in [2.05, 4.69) is 34.1 Å². The van der Waals surface area contributed by atoms with Gasteiger partial charge in [0.15, 0.2) is 5.96 Å². The van der Waals surface area contributed by atoms with Gasteiger partial charge >= 0.3 is 0 Å². The van der Waals surface area contributed by atoms with Gasteiger partial charge in [-0.2, -0.15) is 11.8 Å². The number of rotatable bonds is 8. The van der Waals surface area contributed by atoms with Gasteiger partial charge in [0.1, 0.15) is 0 Å². The standard InChI is InChI=1S/C19H30N4OS.HI/c1-3-20-19(23-16-9-10-17(13-16)25-2)21-12-11-18(24)22-14-15-7-5-4-6-8-15;/h4-8,16-17H,3,9-14H2,1-2H3,(H,22,24)(H2,20,21,23);1H. The molecule has 2 rings (SSSR count). The van der Waals surface area contributed by atoms with E-state index in [0.717, 1.165) is 23.3 Å². The van der Waals surface area contributed by atoms with Gasteiger partial charge in [0.2, 0.25) is 5.91 Å². The zero-order valence-electron chi connectivity index (χ0n) is 15.7. The first-order chi connectivity index (χ1) is 12.2. The van der Waals surface area contributed by atoms with Crippen molar-refractivity contribution in [2.75, 3.05) is 19.3 Å². The van der Waals surface area contributed by atoms with Crippen LogP contribution in [0.25, 0.3) is 0 Å². The fourth-order valence-corrected chi connectivity index (χ4v) is 3.75. The normalized spacial score (nSPS) is 19.5. The van der Waals surface area contributed by atoms with Gasteiger partial charge in [-0.1, -0.05) is 30.3 Å². The Morgan fingerprint density at radius 3 is 2.65 bits per heavy atom. The largest absolute Gasteiger partial charge is 0.357 e. The zero-order chi connectivity index (χ0) is 17.9. The van der Waals surface area contributed by atoms with E-state index in [1.54, 1.807) is 0 Å². The quantitative estimate of drug-likeness (QED) is 0.298. The Kier molecular flexibility index (Phi) is 11.8. The van der Waals surface area contributed by atoms with E-state index in [0.29, 0.717) is 25.6 Å². The molecule has 2 unspecified atom stereocenters. The van der Waals surface area contributed by atoms with Crippen LogP contribution in [0, 0.1) is 0 Å². The number of amides is 1. The molecular formula is C19H31IN4OS. The Morgan fingerprint density at radius 2 is 2.00 bits per heavy atom. The van der Waals surface area contributed by atoms with Crippen LogP contribution in [0.3, 0.4) is 0 Å². The minimum atomic E-state index is 0. The van der Waals surface area contributed by atoms with E-state index < -0.39 is 0 Å². The number of benzene rings is 1. The number of guanidine groups is 1. The minimum Gasteiger partial charge on any atom is -0.357 e. The maximum atomic E-state index is 12.0. The molecule has 3 N–H and O–H groups in total. The molecule has 146 valence electrons. The molecule has 1 aromatic rings. The first-order valence-corrected chi connectivity index (χ1v) is 10.4. The van der Waals surface area contributed by atoms with Gasteiger partial charge in [0.25, 0.3) is 0 Å². The summed E-state index contributed by atoms with van der Waals surface area (Å²) in [4.78, 5) is 16.5. The molecule has 2 atom stereocenters. The number of aliphatic imine (C=N–C) groups is 1. The fourth-order valence-electron chi connectivity index (χ4n) is 2.95. The van der Waals surface area contributed by atoms with E-state index in [4.69, 9.17) is 0 Å². The Labute approximate surface area is 178 Å². The lowest BCUT2D eigenvalue weighted by atomic mass is 10.2. The summed E-state index contributed by atoms with van der Waals surface area (Å²) < 4.78 is 0. The number of hydrogen-bond acceptors (Lipinski definition) is 3. The summed E-state index contributed by atoms with van der Waals surface area (Å²) in [6, 6.07) is 10.4. The summed E-state index contributed by atoms with van der Waals surface area (Å²) in [5, 5.41) is 10.5. The molecule has 0 saturated heterocycles. The van der Waals surface area contributed by atoms with Crippen molar-refractivity contribution < 1.29 is 4.79 Å². The molecule has 0 bridgehead atoms. The van der Waals surface area contributed by atoms with Gasteiger partial charge in [0.05, 0.1) is 6.54 Å². The van der Waals surface area contributed by atoms with Crippen LogP contribution in [0.1, 0.15) is 38.2 Å². The van der Waals surface area contributed by atoms with Crippen molar-refractivity contribution in [3.05, 3.63) is 35.9 Å². The Hall–Kier alpha value is -0.960. The van der Waals surface area contributed by atoms with Gasteiger partial charge in [-0.3, -0.25) is 9.79 Å². The Balaban J connectivity index is 0.00000338. The van der Waals surface area contributed by atoms with Gasteiger partial charge in [-0.05, 0) is 38.0 Å². The van der Waals surface area contributed by atoms with Crippen LogP contribution < -0.4 is 16.0 Å². The molecule has 1 fully saturated rings. The molecule has 0 aromatic heterocycles. The summed E-state index contributed by atoms with van der Waals surface area (Å²) in [5.41, 5.74) is 1.11. The monoisotopic (exact) mass is 490 g/mol. The maximum Gasteiger partial charge on any atom is 0.222 e. The highest BCUT2D eigenvalue weighted by atomic mass is 127. The van der Waals surface area contributed by atoms with Gasteiger partial charge < -0.3 is 16.0 Å². The molecule has 26 heavy (non-hydrogen) atoms. The van der Waals surface area contributed by atoms with Crippen LogP contribution in [0.2, 0.25) is 0 Å². The third-order valence-electron chi connectivity index (χ3n) is 4.34. The summed E-state index contributed by atoms with van der Waals surface area (Å²) in [5.74, 6) is 0.858. The molecule has 1 saturated carbocycles. The zero-order valence-corrected chi connectivity index (χ0v) is 18.8. The van der Waals surface area contributed by atoms with E-state index >= 15 is 0 Å². The number of hydrogen-bond donors (Lipinski definition) is 3. The highest BCUT2D eigenvalue weighted by Crippen LogP contribution is 2.27. The highest BCUT2D eigenvalue weighted by Gasteiger charge is 2.24. The molecule has 1 aromatic carbocycles. The molecule has 1 aliphatic carbocycles. The second-order valence-electron chi connectivity index (χ2n) is 6.29.